The Labute approximate surface area is 109 Å². The van der Waals surface area contributed by atoms with Gasteiger partial charge in [-0.2, -0.15) is 0 Å². The van der Waals surface area contributed by atoms with Gasteiger partial charge in [0, 0.05) is 5.56 Å². The molecule has 2 aromatic rings. The first-order chi connectivity index (χ1) is 9.17. The number of para-hydroxylation sites is 1. The zero-order chi connectivity index (χ0) is 13.8. The van der Waals surface area contributed by atoms with E-state index in [1.165, 1.54) is 13.2 Å². The third-order valence-electron chi connectivity index (χ3n) is 2.71. The quantitative estimate of drug-likeness (QED) is 0.854. The zero-order valence-electron chi connectivity index (χ0n) is 10.6. The minimum absolute atomic E-state index is 0.0267. The lowest BCUT2D eigenvalue weighted by molar-refractivity contribution is 0.0598. The normalized spacial score (nSPS) is 10.0. The van der Waals surface area contributed by atoms with Gasteiger partial charge in [0.2, 0.25) is 0 Å². The van der Waals surface area contributed by atoms with Crippen LogP contribution in [0.5, 0.6) is 5.75 Å². The van der Waals surface area contributed by atoms with Crippen molar-refractivity contribution in [1.82, 2.24) is 4.98 Å². The molecule has 1 aromatic heterocycles. The second kappa shape index (κ2) is 5.39. The molecule has 0 aliphatic carbocycles. The van der Waals surface area contributed by atoms with Gasteiger partial charge in [-0.25, -0.2) is 4.79 Å². The summed E-state index contributed by atoms with van der Waals surface area (Å²) in [5, 5.41) is 0. The van der Waals surface area contributed by atoms with Crippen LogP contribution in [-0.4, -0.2) is 25.2 Å². The average Bonchev–Trinajstić information content (AvgIpc) is 2.46. The van der Waals surface area contributed by atoms with Gasteiger partial charge in [-0.05, 0) is 24.3 Å². The van der Waals surface area contributed by atoms with Gasteiger partial charge in [-0.3, -0.25) is 4.79 Å². The Bertz CT molecular complexity index is 660. The Morgan fingerprint density at radius 2 is 1.84 bits per heavy atom. The van der Waals surface area contributed by atoms with Crippen LogP contribution in [0.2, 0.25) is 0 Å². The lowest BCUT2D eigenvalue weighted by Crippen LogP contribution is -2.18. The molecule has 1 aromatic carbocycles. The van der Waals surface area contributed by atoms with Crippen molar-refractivity contribution in [2.24, 2.45) is 0 Å². The van der Waals surface area contributed by atoms with E-state index in [1.807, 2.05) is 18.2 Å². The van der Waals surface area contributed by atoms with Crippen LogP contribution in [0.25, 0.3) is 11.3 Å². The van der Waals surface area contributed by atoms with Crippen LogP contribution in [0.1, 0.15) is 10.4 Å². The Hall–Kier alpha value is -2.56. The largest absolute Gasteiger partial charge is 0.496 e. The molecule has 0 saturated heterocycles. The molecule has 0 spiro atoms. The third kappa shape index (κ3) is 2.49. The van der Waals surface area contributed by atoms with Crippen molar-refractivity contribution in [1.29, 1.82) is 0 Å². The summed E-state index contributed by atoms with van der Waals surface area (Å²) in [4.78, 5) is 25.8. The number of H-pyrrole nitrogens is 1. The van der Waals surface area contributed by atoms with Crippen molar-refractivity contribution in [3.05, 3.63) is 52.3 Å². The topological polar surface area (TPSA) is 68.4 Å². The van der Waals surface area contributed by atoms with E-state index in [2.05, 4.69) is 9.72 Å². The van der Waals surface area contributed by atoms with Crippen molar-refractivity contribution in [2.75, 3.05) is 14.2 Å². The van der Waals surface area contributed by atoms with E-state index < -0.39 is 11.5 Å². The highest BCUT2D eigenvalue weighted by atomic mass is 16.5. The Morgan fingerprint density at radius 1 is 1.11 bits per heavy atom. The lowest BCUT2D eigenvalue weighted by atomic mass is 10.1. The average molecular weight is 259 g/mol. The molecule has 1 heterocycles. The molecule has 0 aliphatic rings. The summed E-state index contributed by atoms with van der Waals surface area (Å²) in [6.45, 7) is 0. The summed E-state index contributed by atoms with van der Waals surface area (Å²) in [5.74, 6) is -0.0169. The van der Waals surface area contributed by atoms with Crippen molar-refractivity contribution in [2.45, 2.75) is 0 Å². The summed E-state index contributed by atoms with van der Waals surface area (Å²) < 4.78 is 9.75. The number of rotatable bonds is 3. The Morgan fingerprint density at radius 3 is 2.47 bits per heavy atom. The van der Waals surface area contributed by atoms with Gasteiger partial charge in [0.1, 0.15) is 11.3 Å². The van der Waals surface area contributed by atoms with Gasteiger partial charge >= 0.3 is 5.97 Å². The number of pyridine rings is 1. The van der Waals surface area contributed by atoms with Gasteiger partial charge in [0.25, 0.3) is 5.56 Å². The fourth-order valence-corrected chi connectivity index (χ4v) is 1.77. The molecule has 1 N–H and O–H groups in total. The number of carbonyl (C=O) groups is 1. The van der Waals surface area contributed by atoms with Crippen LogP contribution >= 0.6 is 0 Å². The SMILES string of the molecule is COC(=O)c1ccc(-c2ccccc2OC)[nH]c1=O. The summed E-state index contributed by atoms with van der Waals surface area (Å²) in [6, 6.07) is 10.4. The molecule has 0 atom stereocenters. The van der Waals surface area contributed by atoms with E-state index >= 15 is 0 Å². The molecule has 19 heavy (non-hydrogen) atoms. The minimum atomic E-state index is -0.659. The third-order valence-corrected chi connectivity index (χ3v) is 2.71. The number of methoxy groups -OCH3 is 2. The summed E-state index contributed by atoms with van der Waals surface area (Å²) >= 11 is 0. The van der Waals surface area contributed by atoms with Crippen LogP contribution in [-0.2, 0) is 4.74 Å². The molecule has 2 rings (SSSR count). The van der Waals surface area contributed by atoms with Crippen molar-refractivity contribution in [3.63, 3.8) is 0 Å². The van der Waals surface area contributed by atoms with Crippen LogP contribution < -0.4 is 10.3 Å². The maximum Gasteiger partial charge on any atom is 0.343 e. The fourth-order valence-electron chi connectivity index (χ4n) is 1.77. The predicted molar refractivity (Wildman–Crippen MR) is 70.4 cm³/mol. The number of esters is 1. The number of benzene rings is 1. The highest BCUT2D eigenvalue weighted by Crippen LogP contribution is 2.27. The van der Waals surface area contributed by atoms with Gasteiger partial charge in [-0.1, -0.05) is 12.1 Å². The molecule has 0 amide bonds. The number of carbonyl (C=O) groups excluding carboxylic acids is 1. The fraction of sp³-hybridized carbons (Fsp3) is 0.143. The van der Waals surface area contributed by atoms with Crippen LogP contribution in [0.3, 0.4) is 0 Å². The van der Waals surface area contributed by atoms with Crippen LogP contribution in [0.4, 0.5) is 0 Å². The van der Waals surface area contributed by atoms with Crippen molar-refractivity contribution >= 4 is 5.97 Å². The minimum Gasteiger partial charge on any atom is -0.496 e. The van der Waals surface area contributed by atoms with Crippen LogP contribution in [0.15, 0.2) is 41.2 Å². The monoisotopic (exact) mass is 259 g/mol. The first-order valence-electron chi connectivity index (χ1n) is 5.62. The summed E-state index contributed by atoms with van der Waals surface area (Å²) in [6.07, 6.45) is 0. The van der Waals surface area contributed by atoms with Crippen molar-refractivity contribution < 1.29 is 14.3 Å². The predicted octanol–water partition coefficient (Wildman–Crippen LogP) is 1.84. The lowest BCUT2D eigenvalue weighted by Gasteiger charge is -2.08. The number of aromatic amines is 1. The standard InChI is InChI=1S/C14H13NO4/c1-18-12-6-4-3-5-9(12)11-8-7-10(13(16)15-11)14(17)19-2/h3-8H,1-2H3,(H,15,16). The molecular weight excluding hydrogens is 246 g/mol. The number of hydrogen-bond donors (Lipinski definition) is 1. The molecule has 0 fully saturated rings. The van der Waals surface area contributed by atoms with Crippen LogP contribution in [0, 0.1) is 0 Å². The van der Waals surface area contributed by atoms with E-state index in [0.717, 1.165) is 5.56 Å². The molecule has 0 unspecified atom stereocenters. The smallest absolute Gasteiger partial charge is 0.343 e. The van der Waals surface area contributed by atoms with Gasteiger partial charge in [0.15, 0.2) is 0 Å². The molecule has 0 radical (unpaired) electrons. The molecule has 5 heteroatoms. The second-order valence-electron chi connectivity index (χ2n) is 3.81. The first kappa shape index (κ1) is 12.9. The van der Waals surface area contributed by atoms with E-state index in [1.54, 1.807) is 19.2 Å². The Balaban J connectivity index is 2.51. The van der Waals surface area contributed by atoms with E-state index in [0.29, 0.717) is 11.4 Å². The molecule has 98 valence electrons. The second-order valence-corrected chi connectivity index (χ2v) is 3.81. The Kier molecular flexibility index (Phi) is 3.66. The maximum atomic E-state index is 11.8. The molecule has 0 bridgehead atoms. The van der Waals surface area contributed by atoms with Crippen molar-refractivity contribution in [3.8, 4) is 17.0 Å². The summed E-state index contributed by atoms with van der Waals surface area (Å²) in [5.41, 5.74) is 0.810. The summed E-state index contributed by atoms with van der Waals surface area (Å²) in [7, 11) is 2.79. The van der Waals surface area contributed by atoms with E-state index in [4.69, 9.17) is 4.74 Å². The number of hydrogen-bond acceptors (Lipinski definition) is 4. The number of nitrogens with one attached hydrogen (secondary N) is 1. The molecule has 0 saturated carbocycles. The molecular formula is C14H13NO4. The van der Waals surface area contributed by atoms with Gasteiger partial charge < -0.3 is 14.5 Å². The molecule has 5 nitrogen and oxygen atoms in total. The first-order valence-corrected chi connectivity index (χ1v) is 5.62. The number of ether oxygens (including phenoxy) is 2. The highest BCUT2D eigenvalue weighted by Gasteiger charge is 2.12. The van der Waals surface area contributed by atoms with E-state index in [9.17, 15) is 9.59 Å². The van der Waals surface area contributed by atoms with Gasteiger partial charge in [0.05, 0.1) is 19.9 Å². The zero-order valence-corrected chi connectivity index (χ0v) is 10.6. The van der Waals surface area contributed by atoms with Gasteiger partial charge in [-0.15, -0.1) is 0 Å². The number of aromatic nitrogens is 1. The van der Waals surface area contributed by atoms with E-state index in [-0.39, 0.29) is 5.56 Å². The molecule has 0 aliphatic heterocycles. The highest BCUT2D eigenvalue weighted by molar-refractivity contribution is 5.89. The maximum absolute atomic E-state index is 11.8.